The lowest BCUT2D eigenvalue weighted by Crippen LogP contribution is -2.42. The van der Waals surface area contributed by atoms with Crippen LogP contribution in [0.3, 0.4) is 0 Å². The molecule has 1 aromatic carbocycles. The third-order valence-electron chi connectivity index (χ3n) is 6.17. The molecule has 2 heterocycles. The summed E-state index contributed by atoms with van der Waals surface area (Å²) in [6.07, 6.45) is 9.66. The number of halogens is 1. The van der Waals surface area contributed by atoms with E-state index in [1.54, 1.807) is 18.3 Å². The van der Waals surface area contributed by atoms with Gasteiger partial charge in [-0.25, -0.2) is 4.39 Å². The summed E-state index contributed by atoms with van der Waals surface area (Å²) in [5, 5.41) is 0. The van der Waals surface area contributed by atoms with Crippen molar-refractivity contribution >= 4 is 17.7 Å². The summed E-state index contributed by atoms with van der Waals surface area (Å²) < 4.78 is 13.7. The maximum atomic E-state index is 13.7. The van der Waals surface area contributed by atoms with Crippen molar-refractivity contribution in [2.45, 2.75) is 49.8 Å². The van der Waals surface area contributed by atoms with Gasteiger partial charge in [-0.15, -0.1) is 0 Å². The van der Waals surface area contributed by atoms with Crippen LogP contribution in [0, 0.1) is 11.7 Å². The van der Waals surface area contributed by atoms with Crippen LogP contribution in [0.1, 0.15) is 43.2 Å². The molecule has 1 spiro atoms. The molecule has 1 aliphatic carbocycles. The van der Waals surface area contributed by atoms with Crippen molar-refractivity contribution in [1.82, 2.24) is 9.88 Å². The zero-order chi connectivity index (χ0) is 19.4. The number of thioether (sulfide) groups is 1. The van der Waals surface area contributed by atoms with Crippen molar-refractivity contribution in [1.29, 1.82) is 0 Å². The molecule has 1 saturated heterocycles. The Morgan fingerprint density at radius 1 is 1.21 bits per heavy atom. The standard InChI is InChI=1S/C23H27FN2OS/c24-21-8-3-5-18(14-21)13-20-7-1-2-9-23(20)15-22(27)26(11-12-28-23)17-19-6-4-10-25-16-19/h3-6,8,10,14,16,20H,1-2,7,9,11-13,15,17H2. The summed E-state index contributed by atoms with van der Waals surface area (Å²) in [5.74, 6) is 1.47. The molecule has 2 aliphatic rings. The fourth-order valence-corrected chi connectivity index (χ4v) is 6.39. The first-order valence-electron chi connectivity index (χ1n) is 10.2. The van der Waals surface area contributed by atoms with Crippen molar-refractivity contribution in [2.24, 2.45) is 5.92 Å². The van der Waals surface area contributed by atoms with E-state index in [1.807, 2.05) is 41.1 Å². The van der Waals surface area contributed by atoms with Gasteiger partial charge in [0.1, 0.15) is 5.82 Å². The van der Waals surface area contributed by atoms with Crippen molar-refractivity contribution < 1.29 is 9.18 Å². The average Bonchev–Trinajstić information content (AvgIpc) is 2.84. The first kappa shape index (κ1) is 19.4. The van der Waals surface area contributed by atoms with Crippen LogP contribution in [0.2, 0.25) is 0 Å². The van der Waals surface area contributed by atoms with Gasteiger partial charge < -0.3 is 4.90 Å². The number of benzene rings is 1. The van der Waals surface area contributed by atoms with E-state index in [9.17, 15) is 9.18 Å². The predicted molar refractivity (Wildman–Crippen MR) is 112 cm³/mol. The molecule has 1 aliphatic heterocycles. The summed E-state index contributed by atoms with van der Waals surface area (Å²) in [7, 11) is 0. The van der Waals surface area contributed by atoms with E-state index < -0.39 is 0 Å². The average molecular weight is 399 g/mol. The van der Waals surface area contributed by atoms with Crippen LogP contribution in [0.25, 0.3) is 0 Å². The largest absolute Gasteiger partial charge is 0.337 e. The van der Waals surface area contributed by atoms with E-state index in [-0.39, 0.29) is 16.5 Å². The van der Waals surface area contributed by atoms with E-state index in [0.29, 0.717) is 18.9 Å². The fraction of sp³-hybridized carbons (Fsp3) is 0.478. The summed E-state index contributed by atoms with van der Waals surface area (Å²) in [5.41, 5.74) is 2.13. The number of aromatic nitrogens is 1. The number of hydrogen-bond donors (Lipinski definition) is 0. The summed E-state index contributed by atoms with van der Waals surface area (Å²) in [6, 6.07) is 10.9. The van der Waals surface area contributed by atoms with Gasteiger partial charge >= 0.3 is 0 Å². The van der Waals surface area contributed by atoms with Gasteiger partial charge in [0.15, 0.2) is 0 Å². The second-order valence-corrected chi connectivity index (χ2v) is 9.55. The lowest BCUT2D eigenvalue weighted by Gasteiger charge is -2.43. The normalized spacial score (nSPS) is 25.7. The van der Waals surface area contributed by atoms with Gasteiger partial charge in [-0.3, -0.25) is 9.78 Å². The highest BCUT2D eigenvalue weighted by atomic mass is 32.2. The Balaban J connectivity index is 1.51. The SMILES string of the molecule is O=C1CC2(CCCCC2Cc2cccc(F)c2)SCCN1Cc1cccnc1. The minimum Gasteiger partial charge on any atom is -0.337 e. The topological polar surface area (TPSA) is 33.2 Å². The molecule has 1 amide bonds. The number of pyridine rings is 1. The summed E-state index contributed by atoms with van der Waals surface area (Å²) in [6.45, 7) is 1.42. The van der Waals surface area contributed by atoms with Crippen molar-refractivity contribution in [3.8, 4) is 0 Å². The summed E-state index contributed by atoms with van der Waals surface area (Å²) >= 11 is 1.99. The Kier molecular flexibility index (Phi) is 6.00. The van der Waals surface area contributed by atoms with E-state index in [0.717, 1.165) is 42.7 Å². The number of carbonyl (C=O) groups is 1. The molecule has 2 fully saturated rings. The van der Waals surface area contributed by atoms with Crippen molar-refractivity contribution in [3.63, 3.8) is 0 Å². The van der Waals surface area contributed by atoms with Crippen LogP contribution in [0.5, 0.6) is 0 Å². The van der Waals surface area contributed by atoms with E-state index >= 15 is 0 Å². The molecule has 3 nitrogen and oxygen atoms in total. The van der Waals surface area contributed by atoms with Gasteiger partial charge in [-0.2, -0.15) is 11.8 Å². The summed E-state index contributed by atoms with van der Waals surface area (Å²) in [4.78, 5) is 19.3. The van der Waals surface area contributed by atoms with E-state index in [4.69, 9.17) is 0 Å². The van der Waals surface area contributed by atoms with Crippen LogP contribution in [-0.4, -0.2) is 32.8 Å². The molecule has 0 N–H and O–H groups in total. The van der Waals surface area contributed by atoms with Crippen LogP contribution in [0.4, 0.5) is 4.39 Å². The molecule has 2 unspecified atom stereocenters. The highest BCUT2D eigenvalue weighted by Crippen LogP contribution is 2.49. The van der Waals surface area contributed by atoms with Gasteiger partial charge in [0, 0.05) is 42.4 Å². The highest BCUT2D eigenvalue weighted by molar-refractivity contribution is 8.00. The molecular formula is C23H27FN2OS. The third kappa shape index (κ3) is 4.40. The minimum atomic E-state index is -0.172. The second-order valence-electron chi connectivity index (χ2n) is 8.04. The van der Waals surface area contributed by atoms with Crippen LogP contribution in [-0.2, 0) is 17.8 Å². The minimum absolute atomic E-state index is 0.00859. The number of carbonyl (C=O) groups excluding carboxylic acids is 1. The first-order chi connectivity index (χ1) is 13.6. The zero-order valence-corrected chi connectivity index (χ0v) is 17.0. The Hall–Kier alpha value is -1.88. The second kappa shape index (κ2) is 8.64. The number of amides is 1. The van der Waals surface area contributed by atoms with Crippen LogP contribution >= 0.6 is 11.8 Å². The molecule has 28 heavy (non-hydrogen) atoms. The van der Waals surface area contributed by atoms with Gasteiger partial charge in [-0.1, -0.05) is 31.0 Å². The molecule has 1 saturated carbocycles. The highest BCUT2D eigenvalue weighted by Gasteiger charge is 2.44. The van der Waals surface area contributed by atoms with Gasteiger partial charge in [0.25, 0.3) is 0 Å². The lowest BCUT2D eigenvalue weighted by molar-refractivity contribution is -0.132. The smallest absolute Gasteiger partial charge is 0.224 e. The Morgan fingerprint density at radius 3 is 2.93 bits per heavy atom. The molecule has 4 rings (SSSR count). The molecule has 0 bridgehead atoms. The van der Waals surface area contributed by atoms with Gasteiger partial charge in [-0.05, 0) is 54.5 Å². The van der Waals surface area contributed by atoms with Crippen molar-refractivity contribution in [2.75, 3.05) is 12.3 Å². The van der Waals surface area contributed by atoms with Crippen LogP contribution in [0.15, 0.2) is 48.8 Å². The zero-order valence-electron chi connectivity index (χ0n) is 16.1. The monoisotopic (exact) mass is 398 g/mol. The Morgan fingerprint density at radius 2 is 2.11 bits per heavy atom. The van der Waals surface area contributed by atoms with Gasteiger partial charge in [0.05, 0.1) is 0 Å². The molecule has 0 radical (unpaired) electrons. The maximum absolute atomic E-state index is 13.7. The first-order valence-corrected chi connectivity index (χ1v) is 11.2. The molecular weight excluding hydrogens is 371 g/mol. The Labute approximate surface area is 170 Å². The van der Waals surface area contributed by atoms with Crippen LogP contribution < -0.4 is 0 Å². The Bertz CT molecular complexity index is 815. The molecule has 5 heteroatoms. The molecule has 1 aromatic heterocycles. The number of nitrogens with zero attached hydrogens (tertiary/aromatic N) is 2. The molecule has 2 aromatic rings. The maximum Gasteiger partial charge on any atom is 0.224 e. The van der Waals surface area contributed by atoms with E-state index in [2.05, 4.69) is 4.98 Å². The molecule has 148 valence electrons. The van der Waals surface area contributed by atoms with Gasteiger partial charge in [0.2, 0.25) is 5.91 Å². The fourth-order valence-electron chi connectivity index (χ4n) is 4.72. The molecule has 2 atom stereocenters. The predicted octanol–water partition coefficient (Wildman–Crippen LogP) is 4.86. The van der Waals surface area contributed by atoms with E-state index in [1.165, 1.54) is 18.9 Å². The number of hydrogen-bond acceptors (Lipinski definition) is 3. The third-order valence-corrected chi connectivity index (χ3v) is 7.81. The van der Waals surface area contributed by atoms with Crippen molar-refractivity contribution in [3.05, 3.63) is 65.7 Å². The quantitative estimate of drug-likeness (QED) is 0.738. The number of rotatable bonds is 4. The lowest BCUT2D eigenvalue weighted by atomic mass is 9.73.